The molecular weight excluding hydrogens is 254 g/mol. The van der Waals surface area contributed by atoms with Crippen LogP contribution in [-0.2, 0) is 0 Å². The van der Waals surface area contributed by atoms with E-state index >= 15 is 0 Å². The van der Waals surface area contributed by atoms with Gasteiger partial charge in [0.15, 0.2) is 0 Å². The van der Waals surface area contributed by atoms with Crippen molar-refractivity contribution in [2.24, 2.45) is 0 Å². The van der Waals surface area contributed by atoms with Gasteiger partial charge in [-0.1, -0.05) is 0 Å². The number of hydrogen-bond acceptors (Lipinski definition) is 3. The van der Waals surface area contributed by atoms with E-state index in [0.29, 0.717) is 11.6 Å². The molecule has 1 amide bonds. The van der Waals surface area contributed by atoms with Crippen molar-refractivity contribution in [1.29, 1.82) is 0 Å². The molecular formula is C13H18ClNO3. The summed E-state index contributed by atoms with van der Waals surface area (Å²) in [4.78, 5) is 13.8. The largest absolute Gasteiger partial charge is 0.507 e. The summed E-state index contributed by atoms with van der Waals surface area (Å²) in [6.45, 7) is 3.72. The zero-order chi connectivity index (χ0) is 13.9. The van der Waals surface area contributed by atoms with Crippen LogP contribution < -0.4 is 4.74 Å². The van der Waals surface area contributed by atoms with Gasteiger partial charge in [-0.25, -0.2) is 0 Å². The van der Waals surface area contributed by atoms with E-state index in [1.54, 1.807) is 13.1 Å². The molecule has 1 rings (SSSR count). The molecule has 0 spiro atoms. The number of phenols is 1. The van der Waals surface area contributed by atoms with Crippen molar-refractivity contribution in [3.63, 3.8) is 0 Å². The third-order valence-electron chi connectivity index (χ3n) is 2.97. The molecule has 0 radical (unpaired) electrons. The molecule has 5 heteroatoms. The summed E-state index contributed by atoms with van der Waals surface area (Å²) in [7, 11) is 3.16. The minimum absolute atomic E-state index is 0.100. The number of ether oxygens (including phenoxy) is 1. The zero-order valence-electron chi connectivity index (χ0n) is 11.0. The Balaban J connectivity index is 3.04. The van der Waals surface area contributed by atoms with E-state index < -0.39 is 5.54 Å². The Hall–Kier alpha value is -1.42. The topological polar surface area (TPSA) is 49.8 Å². The molecule has 0 aliphatic rings. The highest BCUT2D eigenvalue weighted by atomic mass is 35.5. The predicted octanol–water partition coefficient (Wildman–Crippen LogP) is 2.49. The molecule has 0 saturated carbocycles. The van der Waals surface area contributed by atoms with Gasteiger partial charge in [0.1, 0.15) is 11.5 Å². The Morgan fingerprint density at radius 3 is 2.56 bits per heavy atom. The molecule has 100 valence electrons. The van der Waals surface area contributed by atoms with Gasteiger partial charge in [0, 0.05) is 19.0 Å². The molecule has 18 heavy (non-hydrogen) atoms. The van der Waals surface area contributed by atoms with Crippen LogP contribution in [0, 0.1) is 0 Å². The predicted molar refractivity (Wildman–Crippen MR) is 71.6 cm³/mol. The first-order valence-electron chi connectivity index (χ1n) is 5.54. The van der Waals surface area contributed by atoms with Crippen molar-refractivity contribution in [3.8, 4) is 11.5 Å². The van der Waals surface area contributed by atoms with Gasteiger partial charge in [0.25, 0.3) is 5.91 Å². The number of methoxy groups -OCH3 is 1. The van der Waals surface area contributed by atoms with Crippen LogP contribution in [-0.4, -0.2) is 41.5 Å². The number of phenolic OH excluding ortho intramolecular Hbond substituents is 1. The van der Waals surface area contributed by atoms with Crippen LogP contribution in [0.5, 0.6) is 11.5 Å². The monoisotopic (exact) mass is 271 g/mol. The van der Waals surface area contributed by atoms with Crippen LogP contribution in [0.15, 0.2) is 18.2 Å². The number of aromatic hydroxyl groups is 1. The quantitative estimate of drug-likeness (QED) is 0.856. The fourth-order valence-corrected chi connectivity index (χ4v) is 1.54. The SMILES string of the molecule is COc1ccc(C(=O)N(C)C(C)(C)CCl)c(O)c1. The van der Waals surface area contributed by atoms with Gasteiger partial charge in [-0.2, -0.15) is 0 Å². The van der Waals surface area contributed by atoms with Crippen molar-refractivity contribution < 1.29 is 14.6 Å². The summed E-state index contributed by atoms with van der Waals surface area (Å²) in [6, 6.07) is 4.58. The summed E-state index contributed by atoms with van der Waals surface area (Å²) in [5.41, 5.74) is -0.248. The molecule has 0 fully saturated rings. The van der Waals surface area contributed by atoms with Gasteiger partial charge in [0.05, 0.1) is 18.2 Å². The molecule has 1 aromatic rings. The average molecular weight is 272 g/mol. The summed E-state index contributed by atoms with van der Waals surface area (Å²) in [5.74, 6) is 0.437. The molecule has 0 atom stereocenters. The minimum Gasteiger partial charge on any atom is -0.507 e. The normalized spacial score (nSPS) is 11.2. The van der Waals surface area contributed by atoms with E-state index in [1.807, 2.05) is 13.8 Å². The lowest BCUT2D eigenvalue weighted by Gasteiger charge is -2.34. The van der Waals surface area contributed by atoms with Crippen molar-refractivity contribution >= 4 is 17.5 Å². The van der Waals surface area contributed by atoms with Crippen molar-refractivity contribution in [1.82, 2.24) is 4.90 Å². The highest BCUT2D eigenvalue weighted by molar-refractivity contribution is 6.18. The summed E-state index contributed by atoms with van der Waals surface area (Å²) in [6.07, 6.45) is 0. The van der Waals surface area contributed by atoms with Gasteiger partial charge in [-0.15, -0.1) is 11.6 Å². The first-order chi connectivity index (χ1) is 8.33. The Kier molecular flexibility index (Phi) is 4.46. The molecule has 0 unspecified atom stereocenters. The Labute approximate surface area is 112 Å². The highest BCUT2D eigenvalue weighted by Gasteiger charge is 2.28. The molecule has 0 aliphatic carbocycles. The molecule has 0 bridgehead atoms. The summed E-state index contributed by atoms with van der Waals surface area (Å²) >= 11 is 5.83. The van der Waals surface area contributed by atoms with Crippen LogP contribution in [0.3, 0.4) is 0 Å². The standard InChI is InChI=1S/C13H18ClNO3/c1-13(2,8-14)15(3)12(17)10-6-5-9(18-4)7-11(10)16/h5-7,16H,8H2,1-4H3. The number of nitrogens with zero attached hydrogens (tertiary/aromatic N) is 1. The number of carbonyl (C=O) groups excluding carboxylic acids is 1. The number of carbonyl (C=O) groups is 1. The second kappa shape index (κ2) is 5.48. The fourth-order valence-electron chi connectivity index (χ4n) is 1.36. The number of halogens is 1. The van der Waals surface area contributed by atoms with E-state index in [9.17, 15) is 9.90 Å². The molecule has 4 nitrogen and oxygen atoms in total. The number of amides is 1. The maximum absolute atomic E-state index is 12.2. The van der Waals surface area contributed by atoms with Crippen LogP contribution in [0.1, 0.15) is 24.2 Å². The smallest absolute Gasteiger partial charge is 0.257 e. The van der Waals surface area contributed by atoms with Gasteiger partial charge in [-0.3, -0.25) is 4.79 Å². The van der Waals surface area contributed by atoms with Gasteiger partial charge in [0.2, 0.25) is 0 Å². The highest BCUT2D eigenvalue weighted by Crippen LogP contribution is 2.26. The third kappa shape index (κ3) is 2.88. The van der Waals surface area contributed by atoms with Crippen molar-refractivity contribution in [2.75, 3.05) is 20.0 Å². The Bertz CT molecular complexity index is 446. The van der Waals surface area contributed by atoms with E-state index in [4.69, 9.17) is 16.3 Å². The molecule has 0 aliphatic heterocycles. The maximum Gasteiger partial charge on any atom is 0.257 e. The van der Waals surface area contributed by atoms with E-state index in [2.05, 4.69) is 0 Å². The first kappa shape index (κ1) is 14.6. The van der Waals surface area contributed by atoms with Crippen LogP contribution in [0.4, 0.5) is 0 Å². The van der Waals surface area contributed by atoms with E-state index in [0.717, 1.165) is 0 Å². The average Bonchev–Trinajstić information content (AvgIpc) is 2.36. The van der Waals surface area contributed by atoms with Crippen molar-refractivity contribution in [3.05, 3.63) is 23.8 Å². The lowest BCUT2D eigenvalue weighted by molar-refractivity contribution is 0.0657. The van der Waals surface area contributed by atoms with Crippen molar-refractivity contribution in [2.45, 2.75) is 19.4 Å². The zero-order valence-corrected chi connectivity index (χ0v) is 11.8. The molecule has 0 heterocycles. The summed E-state index contributed by atoms with van der Waals surface area (Å²) < 4.78 is 4.97. The molecule has 0 aromatic heterocycles. The van der Waals surface area contributed by atoms with Crippen LogP contribution in [0.2, 0.25) is 0 Å². The van der Waals surface area contributed by atoms with E-state index in [1.165, 1.54) is 24.1 Å². The van der Waals surface area contributed by atoms with Crippen LogP contribution >= 0.6 is 11.6 Å². The number of alkyl halides is 1. The molecule has 1 N–H and O–H groups in total. The number of benzene rings is 1. The lowest BCUT2D eigenvalue weighted by atomic mass is 10.0. The van der Waals surface area contributed by atoms with E-state index in [-0.39, 0.29) is 17.2 Å². The Morgan fingerprint density at radius 1 is 1.50 bits per heavy atom. The fraction of sp³-hybridized carbons (Fsp3) is 0.462. The minimum atomic E-state index is -0.481. The molecule has 1 aromatic carbocycles. The third-order valence-corrected chi connectivity index (χ3v) is 3.63. The maximum atomic E-state index is 12.2. The van der Waals surface area contributed by atoms with Gasteiger partial charge in [-0.05, 0) is 26.0 Å². The lowest BCUT2D eigenvalue weighted by Crippen LogP contribution is -2.46. The molecule has 0 saturated heterocycles. The first-order valence-corrected chi connectivity index (χ1v) is 6.08. The second-order valence-electron chi connectivity index (χ2n) is 4.69. The summed E-state index contributed by atoms with van der Waals surface area (Å²) in [5, 5.41) is 9.82. The Morgan fingerprint density at radius 2 is 2.11 bits per heavy atom. The van der Waals surface area contributed by atoms with Crippen LogP contribution in [0.25, 0.3) is 0 Å². The second-order valence-corrected chi connectivity index (χ2v) is 4.96. The number of rotatable bonds is 4. The van der Waals surface area contributed by atoms with Gasteiger partial charge < -0.3 is 14.7 Å². The van der Waals surface area contributed by atoms with Gasteiger partial charge >= 0.3 is 0 Å². The number of hydrogen-bond donors (Lipinski definition) is 1.